The summed E-state index contributed by atoms with van der Waals surface area (Å²) in [4.78, 5) is 14.2. The fourth-order valence-corrected chi connectivity index (χ4v) is 2.63. The highest BCUT2D eigenvalue weighted by atomic mass is 35.5. The number of carbonyl (C=O) groups excluding carboxylic acids is 1. The van der Waals surface area contributed by atoms with Gasteiger partial charge in [0.2, 0.25) is 5.91 Å². The third-order valence-corrected chi connectivity index (χ3v) is 4.01. The molecule has 100 valence electrons. The second-order valence-corrected chi connectivity index (χ2v) is 4.93. The van der Waals surface area contributed by atoms with E-state index in [1.165, 1.54) is 6.42 Å². The Morgan fingerprint density at radius 1 is 1.41 bits per heavy atom. The van der Waals surface area contributed by atoms with Crippen molar-refractivity contribution in [2.75, 3.05) is 20.2 Å². The summed E-state index contributed by atoms with van der Waals surface area (Å²) in [6.45, 7) is 1.37. The van der Waals surface area contributed by atoms with E-state index in [-0.39, 0.29) is 30.5 Å². The Hall–Kier alpha value is -0.320. The Morgan fingerprint density at radius 2 is 2.12 bits per heavy atom. The summed E-state index contributed by atoms with van der Waals surface area (Å²) >= 11 is 0. The van der Waals surface area contributed by atoms with E-state index < -0.39 is 0 Å². The van der Waals surface area contributed by atoms with Crippen LogP contribution in [0, 0.1) is 5.92 Å². The van der Waals surface area contributed by atoms with Crippen molar-refractivity contribution < 1.29 is 9.53 Å². The van der Waals surface area contributed by atoms with Crippen molar-refractivity contribution in [2.45, 2.75) is 44.2 Å². The van der Waals surface area contributed by atoms with Crippen molar-refractivity contribution in [1.29, 1.82) is 0 Å². The Balaban J connectivity index is 0.00000144. The Labute approximate surface area is 109 Å². The smallest absolute Gasteiger partial charge is 0.225 e. The van der Waals surface area contributed by atoms with E-state index >= 15 is 0 Å². The predicted octanol–water partition coefficient (Wildman–Crippen LogP) is 1.17. The summed E-state index contributed by atoms with van der Waals surface area (Å²) in [5, 5.41) is 0. The lowest BCUT2D eigenvalue weighted by Crippen LogP contribution is -2.53. The van der Waals surface area contributed by atoms with Gasteiger partial charge < -0.3 is 15.4 Å². The number of rotatable bonds is 3. The van der Waals surface area contributed by atoms with E-state index in [4.69, 9.17) is 10.5 Å². The lowest BCUT2D eigenvalue weighted by atomic mass is 9.83. The van der Waals surface area contributed by atoms with Crippen molar-refractivity contribution in [3.63, 3.8) is 0 Å². The molecule has 2 atom stereocenters. The van der Waals surface area contributed by atoms with Gasteiger partial charge in [0.15, 0.2) is 0 Å². The number of hydrogen-bond donors (Lipinski definition) is 1. The summed E-state index contributed by atoms with van der Waals surface area (Å²) in [6.07, 6.45) is 5.47. The summed E-state index contributed by atoms with van der Waals surface area (Å²) in [5.74, 6) is 0.615. The molecule has 0 radical (unpaired) electrons. The van der Waals surface area contributed by atoms with Crippen LogP contribution in [-0.2, 0) is 9.53 Å². The molecule has 4 nitrogen and oxygen atoms in total. The first kappa shape index (κ1) is 14.7. The summed E-state index contributed by atoms with van der Waals surface area (Å²) in [7, 11) is 1.74. The number of ether oxygens (including phenoxy) is 1. The van der Waals surface area contributed by atoms with Crippen LogP contribution >= 0.6 is 12.4 Å². The van der Waals surface area contributed by atoms with Gasteiger partial charge in [0.1, 0.15) is 0 Å². The van der Waals surface area contributed by atoms with Crippen LogP contribution in [0.3, 0.4) is 0 Å². The van der Waals surface area contributed by atoms with Crippen LogP contribution in [0.25, 0.3) is 0 Å². The fraction of sp³-hybridized carbons (Fsp3) is 0.917. The van der Waals surface area contributed by atoms with E-state index in [1.54, 1.807) is 7.11 Å². The van der Waals surface area contributed by atoms with Crippen LogP contribution in [0.15, 0.2) is 0 Å². The van der Waals surface area contributed by atoms with E-state index in [9.17, 15) is 4.79 Å². The first-order valence-electron chi connectivity index (χ1n) is 6.29. The van der Waals surface area contributed by atoms with Crippen molar-refractivity contribution in [1.82, 2.24) is 4.90 Å². The molecule has 17 heavy (non-hydrogen) atoms. The van der Waals surface area contributed by atoms with Gasteiger partial charge in [0, 0.05) is 32.2 Å². The minimum atomic E-state index is 0. The van der Waals surface area contributed by atoms with Gasteiger partial charge in [-0.05, 0) is 25.7 Å². The van der Waals surface area contributed by atoms with Gasteiger partial charge in [-0.3, -0.25) is 4.79 Å². The number of nitrogens with two attached hydrogens (primary N) is 1. The van der Waals surface area contributed by atoms with Crippen LogP contribution in [0.5, 0.6) is 0 Å². The molecule has 1 amide bonds. The van der Waals surface area contributed by atoms with Crippen molar-refractivity contribution >= 4 is 18.3 Å². The summed E-state index contributed by atoms with van der Waals surface area (Å²) < 4.78 is 5.36. The molecule has 0 spiro atoms. The number of methoxy groups -OCH3 is 1. The molecule has 5 heteroatoms. The Morgan fingerprint density at radius 3 is 2.59 bits per heavy atom. The van der Waals surface area contributed by atoms with Crippen LogP contribution < -0.4 is 5.73 Å². The maximum absolute atomic E-state index is 12.2. The molecular formula is C12H23ClN2O2. The summed E-state index contributed by atoms with van der Waals surface area (Å²) in [6, 6.07) is 0.187. The number of nitrogens with zero attached hydrogens (tertiary/aromatic N) is 1. The molecule has 2 fully saturated rings. The molecule has 2 N–H and O–H groups in total. The van der Waals surface area contributed by atoms with Gasteiger partial charge in [-0.1, -0.05) is 6.42 Å². The van der Waals surface area contributed by atoms with Gasteiger partial charge in [-0.25, -0.2) is 0 Å². The quantitative estimate of drug-likeness (QED) is 0.831. The number of halogens is 1. The second-order valence-electron chi connectivity index (χ2n) is 4.93. The highest BCUT2D eigenvalue weighted by Gasteiger charge is 2.36. The first-order valence-corrected chi connectivity index (χ1v) is 6.29. The maximum atomic E-state index is 12.2. The molecule has 1 saturated heterocycles. The molecule has 2 unspecified atom stereocenters. The molecule has 1 aliphatic heterocycles. The second kappa shape index (κ2) is 6.57. The molecule has 0 aromatic carbocycles. The third-order valence-electron chi connectivity index (χ3n) is 4.01. The zero-order valence-electron chi connectivity index (χ0n) is 10.4. The Bertz CT molecular complexity index is 259. The zero-order valence-corrected chi connectivity index (χ0v) is 11.2. The monoisotopic (exact) mass is 262 g/mol. The lowest BCUT2D eigenvalue weighted by Gasteiger charge is -2.41. The number of likely N-dealkylation sites (tertiary alicyclic amines) is 1. The summed E-state index contributed by atoms with van der Waals surface area (Å²) in [5.41, 5.74) is 5.76. The minimum Gasteiger partial charge on any atom is -0.381 e. The zero-order chi connectivity index (χ0) is 11.5. The van der Waals surface area contributed by atoms with E-state index in [2.05, 4.69) is 0 Å². The van der Waals surface area contributed by atoms with E-state index in [1.807, 2.05) is 4.90 Å². The number of amides is 1. The number of hydrogen-bond acceptors (Lipinski definition) is 3. The highest BCUT2D eigenvalue weighted by molar-refractivity contribution is 5.85. The maximum Gasteiger partial charge on any atom is 0.225 e. The van der Waals surface area contributed by atoms with Crippen molar-refractivity contribution in [3.8, 4) is 0 Å². The van der Waals surface area contributed by atoms with E-state index in [0.717, 1.165) is 32.2 Å². The first-order chi connectivity index (χ1) is 7.76. The average molecular weight is 263 g/mol. The largest absolute Gasteiger partial charge is 0.381 e. The van der Waals surface area contributed by atoms with Gasteiger partial charge >= 0.3 is 0 Å². The van der Waals surface area contributed by atoms with Crippen molar-refractivity contribution in [2.24, 2.45) is 11.7 Å². The molecule has 1 aliphatic carbocycles. The van der Waals surface area contributed by atoms with Gasteiger partial charge in [-0.15, -0.1) is 12.4 Å². The molecule has 0 bridgehead atoms. The molecule has 1 saturated carbocycles. The van der Waals surface area contributed by atoms with Gasteiger partial charge in [0.05, 0.1) is 6.10 Å². The highest BCUT2D eigenvalue weighted by Crippen LogP contribution is 2.31. The lowest BCUT2D eigenvalue weighted by molar-refractivity contribution is -0.143. The molecule has 0 aromatic heterocycles. The van der Waals surface area contributed by atoms with Gasteiger partial charge in [0.25, 0.3) is 0 Å². The van der Waals surface area contributed by atoms with Crippen molar-refractivity contribution in [3.05, 3.63) is 0 Å². The molecular weight excluding hydrogens is 240 g/mol. The predicted molar refractivity (Wildman–Crippen MR) is 69.2 cm³/mol. The Kier molecular flexibility index (Phi) is 5.70. The third kappa shape index (κ3) is 3.12. The standard InChI is InChI=1S/C12H22N2O2.ClH/c1-16-11-5-6-14(10(7-11)8-13)12(15)9-3-2-4-9;/h9-11H,2-8,13H2,1H3;1H. The molecule has 2 aliphatic rings. The van der Waals surface area contributed by atoms with Crippen LogP contribution in [0.4, 0.5) is 0 Å². The van der Waals surface area contributed by atoms with Gasteiger partial charge in [-0.2, -0.15) is 0 Å². The van der Waals surface area contributed by atoms with E-state index in [0.29, 0.717) is 12.5 Å². The normalized spacial score (nSPS) is 29.4. The fourth-order valence-electron chi connectivity index (χ4n) is 2.63. The minimum absolute atomic E-state index is 0. The molecule has 0 aromatic rings. The average Bonchev–Trinajstić information content (AvgIpc) is 2.25. The SMILES string of the molecule is COC1CCN(C(=O)C2CCC2)C(CN)C1.Cl. The topological polar surface area (TPSA) is 55.6 Å². The van der Waals surface area contributed by atoms with Crippen LogP contribution in [-0.4, -0.2) is 43.2 Å². The number of piperidine rings is 1. The molecule has 1 heterocycles. The van der Waals surface area contributed by atoms with Crippen LogP contribution in [0.2, 0.25) is 0 Å². The molecule has 2 rings (SSSR count). The van der Waals surface area contributed by atoms with Crippen LogP contribution in [0.1, 0.15) is 32.1 Å². The number of carbonyl (C=O) groups is 1.